The fourth-order valence-electron chi connectivity index (χ4n) is 3.02. The van der Waals surface area contributed by atoms with Crippen LogP contribution < -0.4 is 4.74 Å². The van der Waals surface area contributed by atoms with Crippen molar-refractivity contribution in [1.82, 2.24) is 4.90 Å². The number of piperidine rings is 1. The van der Waals surface area contributed by atoms with Crippen LogP contribution in [0, 0.1) is 5.92 Å². The van der Waals surface area contributed by atoms with Crippen LogP contribution in [0.15, 0.2) is 24.3 Å². The molecular formula is C14H16BrNO2. The lowest BCUT2D eigenvalue weighted by Gasteiger charge is -2.27. The minimum Gasteiger partial charge on any atom is -0.497 e. The molecule has 1 aliphatic heterocycles. The predicted molar refractivity (Wildman–Crippen MR) is 72.8 cm³/mol. The number of amides is 1. The summed E-state index contributed by atoms with van der Waals surface area (Å²) in [4.78, 5) is 14.5. The van der Waals surface area contributed by atoms with Crippen molar-refractivity contribution in [2.75, 3.05) is 7.11 Å². The molecule has 1 aromatic rings. The molecule has 2 fully saturated rings. The highest BCUT2D eigenvalue weighted by molar-refractivity contribution is 9.09. The molecule has 3 nitrogen and oxygen atoms in total. The number of likely N-dealkylation sites (tertiary alicyclic amines) is 1. The summed E-state index contributed by atoms with van der Waals surface area (Å²) in [5.74, 6) is 1.36. The molecule has 0 unspecified atom stereocenters. The van der Waals surface area contributed by atoms with Gasteiger partial charge in [0.2, 0.25) is 5.91 Å². The molecule has 1 amide bonds. The van der Waals surface area contributed by atoms with Crippen LogP contribution in [0.4, 0.5) is 0 Å². The summed E-state index contributed by atoms with van der Waals surface area (Å²) in [5, 5.41) is 0. The zero-order chi connectivity index (χ0) is 12.7. The normalized spacial score (nSPS) is 30.0. The van der Waals surface area contributed by atoms with Crippen molar-refractivity contribution in [2.24, 2.45) is 5.92 Å². The van der Waals surface area contributed by atoms with E-state index in [9.17, 15) is 4.79 Å². The number of nitrogens with zero attached hydrogens (tertiary/aromatic N) is 1. The Morgan fingerprint density at radius 2 is 2.06 bits per heavy atom. The van der Waals surface area contributed by atoms with Gasteiger partial charge in [0.1, 0.15) is 5.75 Å². The molecule has 96 valence electrons. The van der Waals surface area contributed by atoms with Crippen LogP contribution in [0.3, 0.4) is 0 Å². The predicted octanol–water partition coefficient (Wildman–Crippen LogP) is 2.58. The summed E-state index contributed by atoms with van der Waals surface area (Å²) in [6, 6.07) is 8.33. The van der Waals surface area contributed by atoms with E-state index in [0.717, 1.165) is 24.2 Å². The second kappa shape index (κ2) is 4.57. The number of ether oxygens (including phenoxy) is 1. The number of hydrogen-bond donors (Lipinski definition) is 0. The van der Waals surface area contributed by atoms with Gasteiger partial charge in [0.15, 0.2) is 0 Å². The van der Waals surface area contributed by atoms with Crippen molar-refractivity contribution in [3.8, 4) is 5.75 Å². The molecule has 0 N–H and O–H groups in total. The molecule has 1 saturated heterocycles. The first-order valence-corrected chi connectivity index (χ1v) is 7.20. The molecule has 0 spiro atoms. The van der Waals surface area contributed by atoms with E-state index in [2.05, 4.69) is 15.9 Å². The van der Waals surface area contributed by atoms with Crippen LogP contribution >= 0.6 is 15.9 Å². The van der Waals surface area contributed by atoms with E-state index in [4.69, 9.17) is 4.74 Å². The van der Waals surface area contributed by atoms with Gasteiger partial charge in [-0.1, -0.05) is 28.1 Å². The standard InChI is InChI=1S/C14H16BrNO2/c1-18-10-4-2-9(3-5-10)8-16-12-7-6-11(13(12)15)14(16)17/h2-5,11-13H,6-8H2,1H3/t11-,12+,13+/m0/s1. The number of carbonyl (C=O) groups excluding carboxylic acids is 1. The summed E-state index contributed by atoms with van der Waals surface area (Å²) in [6.45, 7) is 0.714. The van der Waals surface area contributed by atoms with Gasteiger partial charge in [-0.3, -0.25) is 4.79 Å². The van der Waals surface area contributed by atoms with E-state index in [-0.39, 0.29) is 5.92 Å². The Labute approximate surface area is 115 Å². The van der Waals surface area contributed by atoms with Gasteiger partial charge in [0.25, 0.3) is 0 Å². The summed E-state index contributed by atoms with van der Waals surface area (Å²) in [6.07, 6.45) is 2.17. The lowest BCUT2D eigenvalue weighted by Crippen LogP contribution is -2.36. The van der Waals surface area contributed by atoms with E-state index in [1.54, 1.807) is 7.11 Å². The van der Waals surface area contributed by atoms with Crippen LogP contribution in [0.25, 0.3) is 0 Å². The summed E-state index contributed by atoms with van der Waals surface area (Å²) >= 11 is 3.67. The van der Waals surface area contributed by atoms with E-state index >= 15 is 0 Å². The van der Waals surface area contributed by atoms with Crippen molar-refractivity contribution in [1.29, 1.82) is 0 Å². The minimum atomic E-state index is 0.202. The van der Waals surface area contributed by atoms with E-state index in [1.807, 2.05) is 29.2 Å². The Kier molecular flexibility index (Phi) is 3.06. The van der Waals surface area contributed by atoms with Gasteiger partial charge in [0.05, 0.1) is 13.0 Å². The van der Waals surface area contributed by atoms with Crippen molar-refractivity contribution in [3.63, 3.8) is 0 Å². The molecule has 1 heterocycles. The summed E-state index contributed by atoms with van der Waals surface area (Å²) in [7, 11) is 1.66. The molecule has 3 atom stereocenters. The number of carbonyl (C=O) groups is 1. The van der Waals surface area contributed by atoms with Gasteiger partial charge < -0.3 is 9.64 Å². The lowest BCUT2D eigenvalue weighted by atomic mass is 10.1. The van der Waals surface area contributed by atoms with Crippen LogP contribution in [-0.2, 0) is 11.3 Å². The Balaban J connectivity index is 1.75. The second-order valence-corrected chi connectivity index (χ2v) is 6.07. The molecule has 0 aromatic heterocycles. The molecule has 2 bridgehead atoms. The average molecular weight is 310 g/mol. The summed E-state index contributed by atoms with van der Waals surface area (Å²) in [5.41, 5.74) is 1.16. The van der Waals surface area contributed by atoms with Crippen LogP contribution in [0.2, 0.25) is 0 Å². The average Bonchev–Trinajstić information content (AvgIpc) is 2.86. The topological polar surface area (TPSA) is 29.5 Å². The second-order valence-electron chi connectivity index (χ2n) is 5.01. The van der Waals surface area contributed by atoms with Gasteiger partial charge in [-0.15, -0.1) is 0 Å². The zero-order valence-corrected chi connectivity index (χ0v) is 11.9. The third kappa shape index (κ3) is 1.83. The minimum absolute atomic E-state index is 0.202. The van der Waals surface area contributed by atoms with Crippen molar-refractivity contribution < 1.29 is 9.53 Å². The first kappa shape index (κ1) is 12.0. The third-order valence-corrected chi connectivity index (χ3v) is 5.29. The number of rotatable bonds is 3. The van der Waals surface area contributed by atoms with E-state index in [0.29, 0.717) is 23.3 Å². The lowest BCUT2D eigenvalue weighted by molar-refractivity contribution is -0.134. The van der Waals surface area contributed by atoms with Gasteiger partial charge in [-0.05, 0) is 30.5 Å². The number of halogens is 1. The highest BCUT2D eigenvalue weighted by Crippen LogP contribution is 2.43. The molecule has 1 saturated carbocycles. The Morgan fingerprint density at radius 1 is 1.33 bits per heavy atom. The van der Waals surface area contributed by atoms with Crippen LogP contribution in [0.5, 0.6) is 5.75 Å². The fourth-order valence-corrected chi connectivity index (χ4v) is 4.06. The van der Waals surface area contributed by atoms with Crippen molar-refractivity contribution in [3.05, 3.63) is 29.8 Å². The number of alkyl halides is 1. The van der Waals surface area contributed by atoms with Gasteiger partial charge in [0, 0.05) is 17.4 Å². The van der Waals surface area contributed by atoms with E-state index in [1.165, 1.54) is 0 Å². The van der Waals surface area contributed by atoms with Crippen LogP contribution in [-0.4, -0.2) is 28.8 Å². The fraction of sp³-hybridized carbons (Fsp3) is 0.500. The number of benzene rings is 1. The van der Waals surface area contributed by atoms with Gasteiger partial charge in [-0.25, -0.2) is 0 Å². The Hall–Kier alpha value is -1.03. The van der Waals surface area contributed by atoms with Crippen molar-refractivity contribution >= 4 is 21.8 Å². The van der Waals surface area contributed by atoms with Crippen molar-refractivity contribution in [2.45, 2.75) is 30.3 Å². The smallest absolute Gasteiger partial charge is 0.227 e. The van der Waals surface area contributed by atoms with Crippen LogP contribution in [0.1, 0.15) is 18.4 Å². The Morgan fingerprint density at radius 3 is 2.61 bits per heavy atom. The van der Waals surface area contributed by atoms with E-state index < -0.39 is 0 Å². The molecule has 1 aliphatic carbocycles. The maximum absolute atomic E-state index is 12.2. The number of methoxy groups -OCH3 is 1. The molecule has 0 radical (unpaired) electrons. The molecule has 3 rings (SSSR count). The first-order chi connectivity index (χ1) is 8.70. The molecule has 4 heteroatoms. The maximum Gasteiger partial charge on any atom is 0.227 e. The number of hydrogen-bond acceptors (Lipinski definition) is 2. The highest BCUT2D eigenvalue weighted by Gasteiger charge is 2.51. The Bertz CT molecular complexity index is 459. The molecule has 1 aromatic carbocycles. The zero-order valence-electron chi connectivity index (χ0n) is 10.3. The molecular weight excluding hydrogens is 294 g/mol. The molecule has 2 aliphatic rings. The maximum atomic E-state index is 12.2. The largest absolute Gasteiger partial charge is 0.497 e. The molecule has 18 heavy (non-hydrogen) atoms. The number of fused-ring (bicyclic) bond motifs is 2. The first-order valence-electron chi connectivity index (χ1n) is 6.28. The van der Waals surface area contributed by atoms with Gasteiger partial charge >= 0.3 is 0 Å². The SMILES string of the molecule is COc1ccc(CN2C(=O)[C@H]3CC[C@@H]2[C@@H]3Br)cc1. The van der Waals surface area contributed by atoms with Gasteiger partial charge in [-0.2, -0.15) is 0 Å². The monoisotopic (exact) mass is 309 g/mol. The third-order valence-electron chi connectivity index (χ3n) is 4.04. The highest BCUT2D eigenvalue weighted by atomic mass is 79.9. The quantitative estimate of drug-likeness (QED) is 0.803. The summed E-state index contributed by atoms with van der Waals surface area (Å²) < 4.78 is 5.14.